The Kier molecular flexibility index (Phi) is 3.31. The van der Waals surface area contributed by atoms with Crippen LogP contribution in [0.1, 0.15) is 11.1 Å². The molecule has 0 spiro atoms. The zero-order valence-electron chi connectivity index (χ0n) is 8.10. The summed E-state index contributed by atoms with van der Waals surface area (Å²) in [6.07, 6.45) is -1.57. The highest BCUT2D eigenvalue weighted by atomic mass is 32.2. The fourth-order valence-electron chi connectivity index (χ4n) is 1.15. The first kappa shape index (κ1) is 11.5. The molecule has 0 saturated heterocycles. The van der Waals surface area contributed by atoms with Gasteiger partial charge in [-0.15, -0.1) is 0 Å². The van der Waals surface area contributed by atoms with Crippen molar-refractivity contribution in [3.8, 4) is 0 Å². The first-order chi connectivity index (χ1) is 6.91. The standard InChI is InChI=1S/C9H11NO4S/c1-7-4-2-3-5-8(7)6-15(13,14)10-9(11)12/h2-5,10H,6H2,1H3,(H,11,12). The van der Waals surface area contributed by atoms with Crippen molar-refractivity contribution in [3.05, 3.63) is 35.4 Å². The largest absolute Gasteiger partial charge is 0.464 e. The van der Waals surface area contributed by atoms with E-state index < -0.39 is 16.1 Å². The van der Waals surface area contributed by atoms with Crippen molar-refractivity contribution in [2.45, 2.75) is 12.7 Å². The summed E-state index contributed by atoms with van der Waals surface area (Å²) in [5.41, 5.74) is 1.40. The maximum atomic E-state index is 11.3. The predicted molar refractivity (Wildman–Crippen MR) is 55.0 cm³/mol. The van der Waals surface area contributed by atoms with Gasteiger partial charge in [0.05, 0.1) is 5.75 Å². The summed E-state index contributed by atoms with van der Waals surface area (Å²) < 4.78 is 24.0. The maximum Gasteiger partial charge on any atom is 0.418 e. The maximum absolute atomic E-state index is 11.3. The monoisotopic (exact) mass is 229 g/mol. The number of amides is 1. The number of sulfonamides is 1. The number of aryl methyl sites for hydroxylation is 1. The molecule has 0 aromatic heterocycles. The average molecular weight is 229 g/mol. The van der Waals surface area contributed by atoms with Crippen LogP contribution < -0.4 is 4.72 Å². The van der Waals surface area contributed by atoms with E-state index in [2.05, 4.69) is 0 Å². The summed E-state index contributed by atoms with van der Waals surface area (Å²) in [6.45, 7) is 1.77. The highest BCUT2D eigenvalue weighted by molar-refractivity contribution is 7.89. The molecule has 1 aromatic rings. The Labute approximate surface area is 87.8 Å². The van der Waals surface area contributed by atoms with Crippen molar-refractivity contribution in [1.82, 2.24) is 4.72 Å². The number of hydrogen-bond acceptors (Lipinski definition) is 3. The number of rotatable bonds is 3. The van der Waals surface area contributed by atoms with Gasteiger partial charge in [-0.1, -0.05) is 24.3 Å². The van der Waals surface area contributed by atoms with Gasteiger partial charge in [0, 0.05) is 0 Å². The lowest BCUT2D eigenvalue weighted by molar-refractivity contribution is 0.201. The number of nitrogens with one attached hydrogen (secondary N) is 1. The Bertz CT molecular complexity index is 467. The number of carbonyl (C=O) groups is 1. The minimum atomic E-state index is -3.81. The van der Waals surface area contributed by atoms with E-state index >= 15 is 0 Å². The average Bonchev–Trinajstić information content (AvgIpc) is 2.06. The van der Waals surface area contributed by atoms with Crippen molar-refractivity contribution in [3.63, 3.8) is 0 Å². The molecule has 1 rings (SSSR count). The predicted octanol–water partition coefficient (Wildman–Crippen LogP) is 1.09. The molecule has 0 fully saturated rings. The van der Waals surface area contributed by atoms with E-state index in [1.165, 1.54) is 4.72 Å². The van der Waals surface area contributed by atoms with Crippen LogP contribution in [0.5, 0.6) is 0 Å². The zero-order chi connectivity index (χ0) is 11.5. The molecule has 0 aliphatic rings. The van der Waals surface area contributed by atoms with Crippen LogP contribution >= 0.6 is 0 Å². The molecule has 0 aliphatic heterocycles. The molecule has 0 saturated carbocycles. The molecule has 0 heterocycles. The quantitative estimate of drug-likeness (QED) is 0.812. The SMILES string of the molecule is Cc1ccccc1CS(=O)(=O)NC(=O)O. The number of hydrogen-bond donors (Lipinski definition) is 2. The molecule has 0 atom stereocenters. The van der Waals surface area contributed by atoms with E-state index in [1.54, 1.807) is 31.2 Å². The molecule has 2 N–H and O–H groups in total. The normalized spacial score (nSPS) is 11.0. The Morgan fingerprint density at radius 2 is 2.00 bits per heavy atom. The third-order valence-corrected chi connectivity index (χ3v) is 3.03. The summed E-state index contributed by atoms with van der Waals surface area (Å²) in [6, 6.07) is 6.91. The number of benzene rings is 1. The molecule has 1 aromatic carbocycles. The molecule has 6 heteroatoms. The van der Waals surface area contributed by atoms with Crippen LogP contribution in [0.4, 0.5) is 4.79 Å². The van der Waals surface area contributed by atoms with Gasteiger partial charge < -0.3 is 5.11 Å². The second-order valence-electron chi connectivity index (χ2n) is 3.09. The lowest BCUT2D eigenvalue weighted by Gasteiger charge is -2.06. The van der Waals surface area contributed by atoms with Gasteiger partial charge in [-0.25, -0.2) is 17.9 Å². The summed E-state index contributed by atoms with van der Waals surface area (Å²) in [5.74, 6) is -0.327. The van der Waals surface area contributed by atoms with E-state index in [9.17, 15) is 13.2 Å². The molecule has 0 radical (unpaired) electrons. The van der Waals surface area contributed by atoms with Crippen molar-refractivity contribution >= 4 is 16.1 Å². The third kappa shape index (κ3) is 3.59. The van der Waals surface area contributed by atoms with Crippen LogP contribution in [0, 0.1) is 6.92 Å². The van der Waals surface area contributed by atoms with E-state index in [-0.39, 0.29) is 5.75 Å². The van der Waals surface area contributed by atoms with Gasteiger partial charge in [0.25, 0.3) is 0 Å². The van der Waals surface area contributed by atoms with E-state index in [1.807, 2.05) is 0 Å². The van der Waals surface area contributed by atoms with E-state index in [0.29, 0.717) is 5.56 Å². The second-order valence-corrected chi connectivity index (χ2v) is 4.82. The minimum absolute atomic E-state index is 0.327. The van der Waals surface area contributed by atoms with Crippen LogP contribution in [0.3, 0.4) is 0 Å². The zero-order valence-corrected chi connectivity index (χ0v) is 8.91. The fraction of sp³-hybridized carbons (Fsp3) is 0.222. The number of carboxylic acid groups (broad SMARTS) is 1. The molecule has 0 aliphatic carbocycles. The van der Waals surface area contributed by atoms with Crippen LogP contribution in [-0.4, -0.2) is 19.6 Å². The molecule has 15 heavy (non-hydrogen) atoms. The van der Waals surface area contributed by atoms with Crippen LogP contribution in [0.2, 0.25) is 0 Å². The van der Waals surface area contributed by atoms with Gasteiger partial charge in [0.2, 0.25) is 10.0 Å². The molecular formula is C9H11NO4S. The fourth-order valence-corrected chi connectivity index (χ4v) is 2.22. The van der Waals surface area contributed by atoms with Crippen molar-refractivity contribution in [1.29, 1.82) is 0 Å². The molecule has 0 unspecified atom stereocenters. The van der Waals surface area contributed by atoms with Crippen LogP contribution in [0.25, 0.3) is 0 Å². The van der Waals surface area contributed by atoms with Gasteiger partial charge in [-0.2, -0.15) is 0 Å². The Morgan fingerprint density at radius 3 is 2.53 bits per heavy atom. The van der Waals surface area contributed by atoms with Gasteiger partial charge in [-0.05, 0) is 18.1 Å². The van der Waals surface area contributed by atoms with Crippen molar-refractivity contribution in [2.24, 2.45) is 0 Å². The molecule has 82 valence electrons. The van der Waals surface area contributed by atoms with Crippen LogP contribution in [0.15, 0.2) is 24.3 Å². The van der Waals surface area contributed by atoms with Crippen molar-refractivity contribution < 1.29 is 18.3 Å². The lowest BCUT2D eigenvalue weighted by Crippen LogP contribution is -2.30. The molecular weight excluding hydrogens is 218 g/mol. The van der Waals surface area contributed by atoms with Gasteiger partial charge in [-0.3, -0.25) is 0 Å². The van der Waals surface area contributed by atoms with E-state index in [0.717, 1.165) is 5.56 Å². The second kappa shape index (κ2) is 4.31. The molecule has 0 bridgehead atoms. The lowest BCUT2D eigenvalue weighted by atomic mass is 10.1. The molecule has 5 nitrogen and oxygen atoms in total. The highest BCUT2D eigenvalue weighted by Crippen LogP contribution is 2.10. The van der Waals surface area contributed by atoms with Crippen LogP contribution in [-0.2, 0) is 15.8 Å². The summed E-state index contributed by atoms with van der Waals surface area (Å²) >= 11 is 0. The topological polar surface area (TPSA) is 83.5 Å². The van der Waals surface area contributed by atoms with Crippen molar-refractivity contribution in [2.75, 3.05) is 0 Å². The van der Waals surface area contributed by atoms with Gasteiger partial charge >= 0.3 is 6.09 Å². The first-order valence-electron chi connectivity index (χ1n) is 4.18. The highest BCUT2D eigenvalue weighted by Gasteiger charge is 2.15. The smallest absolute Gasteiger partial charge is 0.418 e. The minimum Gasteiger partial charge on any atom is -0.464 e. The van der Waals surface area contributed by atoms with E-state index in [4.69, 9.17) is 5.11 Å². The summed E-state index contributed by atoms with van der Waals surface area (Å²) in [4.78, 5) is 10.2. The Morgan fingerprint density at radius 1 is 1.40 bits per heavy atom. The third-order valence-electron chi connectivity index (χ3n) is 1.85. The Balaban J connectivity index is 2.87. The first-order valence-corrected chi connectivity index (χ1v) is 5.84. The summed E-state index contributed by atoms with van der Waals surface area (Å²) in [5, 5.41) is 8.31. The van der Waals surface area contributed by atoms with Gasteiger partial charge in [0.15, 0.2) is 0 Å². The summed E-state index contributed by atoms with van der Waals surface area (Å²) in [7, 11) is -3.81. The Hall–Kier alpha value is -1.56. The molecule has 1 amide bonds. The van der Waals surface area contributed by atoms with Gasteiger partial charge in [0.1, 0.15) is 0 Å².